The maximum atomic E-state index is 12.5. The minimum absolute atomic E-state index is 0.130. The van der Waals surface area contributed by atoms with E-state index in [1.165, 1.54) is 6.42 Å². The SMILES string of the molecule is CC1CCCCN1C(=O)CN1CCN(C(=O)Nc2ccccn2)CC1. The van der Waals surface area contributed by atoms with Crippen LogP contribution in [0, 0.1) is 0 Å². The van der Waals surface area contributed by atoms with E-state index >= 15 is 0 Å². The highest BCUT2D eigenvalue weighted by Crippen LogP contribution is 2.17. The number of aromatic nitrogens is 1. The number of pyridine rings is 1. The van der Waals surface area contributed by atoms with E-state index in [-0.39, 0.29) is 11.9 Å². The molecule has 1 N–H and O–H groups in total. The summed E-state index contributed by atoms with van der Waals surface area (Å²) in [7, 11) is 0. The highest BCUT2D eigenvalue weighted by molar-refractivity contribution is 5.88. The molecule has 0 spiro atoms. The molecule has 2 fully saturated rings. The van der Waals surface area contributed by atoms with E-state index in [2.05, 4.69) is 22.1 Å². The fourth-order valence-electron chi connectivity index (χ4n) is 3.49. The Labute approximate surface area is 149 Å². The molecule has 3 rings (SSSR count). The van der Waals surface area contributed by atoms with Gasteiger partial charge in [0.2, 0.25) is 5.91 Å². The number of nitrogens with zero attached hydrogens (tertiary/aromatic N) is 4. The molecule has 0 aliphatic carbocycles. The first kappa shape index (κ1) is 17.7. The third-order valence-corrected chi connectivity index (χ3v) is 5.04. The molecule has 2 aliphatic rings. The van der Waals surface area contributed by atoms with Crippen molar-refractivity contribution in [2.75, 3.05) is 44.6 Å². The lowest BCUT2D eigenvalue weighted by Crippen LogP contribution is -2.53. The zero-order valence-electron chi connectivity index (χ0n) is 14.9. The number of likely N-dealkylation sites (tertiary alicyclic amines) is 1. The predicted molar refractivity (Wildman–Crippen MR) is 96.3 cm³/mol. The topological polar surface area (TPSA) is 68.8 Å². The molecule has 7 heteroatoms. The molecule has 3 heterocycles. The lowest BCUT2D eigenvalue weighted by Gasteiger charge is -2.38. The zero-order chi connectivity index (χ0) is 17.6. The van der Waals surface area contributed by atoms with Crippen LogP contribution in [0.5, 0.6) is 0 Å². The smallest absolute Gasteiger partial charge is 0.323 e. The molecule has 136 valence electrons. The first-order chi connectivity index (χ1) is 12.1. The summed E-state index contributed by atoms with van der Waals surface area (Å²) in [4.78, 5) is 34.8. The number of rotatable bonds is 3. The lowest BCUT2D eigenvalue weighted by molar-refractivity contribution is -0.136. The van der Waals surface area contributed by atoms with E-state index in [9.17, 15) is 9.59 Å². The van der Waals surface area contributed by atoms with Crippen molar-refractivity contribution in [1.82, 2.24) is 19.7 Å². The fourth-order valence-corrected chi connectivity index (χ4v) is 3.49. The van der Waals surface area contributed by atoms with Crippen LogP contribution in [0.15, 0.2) is 24.4 Å². The predicted octanol–water partition coefficient (Wildman–Crippen LogP) is 1.63. The van der Waals surface area contributed by atoms with Gasteiger partial charge in [-0.2, -0.15) is 0 Å². The Bertz CT molecular complexity index is 586. The van der Waals surface area contributed by atoms with Crippen molar-refractivity contribution >= 4 is 17.8 Å². The maximum absolute atomic E-state index is 12.5. The summed E-state index contributed by atoms with van der Waals surface area (Å²) in [6, 6.07) is 5.65. The Morgan fingerprint density at radius 3 is 2.64 bits per heavy atom. The van der Waals surface area contributed by atoms with E-state index in [4.69, 9.17) is 0 Å². The Hall–Kier alpha value is -2.15. The molecule has 2 aliphatic heterocycles. The second-order valence-corrected chi connectivity index (χ2v) is 6.84. The standard InChI is InChI=1S/C18H27N5O2/c1-15-6-3-5-9-23(15)17(24)14-21-10-12-22(13-11-21)18(25)20-16-7-2-4-8-19-16/h2,4,7-8,15H,3,5-6,9-14H2,1H3,(H,19,20,25). The van der Waals surface area contributed by atoms with Crippen molar-refractivity contribution in [2.45, 2.75) is 32.2 Å². The van der Waals surface area contributed by atoms with Crippen LogP contribution in [0.4, 0.5) is 10.6 Å². The molecule has 0 bridgehead atoms. The quantitative estimate of drug-likeness (QED) is 0.904. The second-order valence-electron chi connectivity index (χ2n) is 6.84. The van der Waals surface area contributed by atoms with Crippen molar-refractivity contribution in [3.63, 3.8) is 0 Å². The van der Waals surface area contributed by atoms with Crippen LogP contribution < -0.4 is 5.32 Å². The van der Waals surface area contributed by atoms with E-state index < -0.39 is 0 Å². The molecule has 0 aromatic carbocycles. The molecule has 1 atom stereocenters. The number of carbonyl (C=O) groups excluding carboxylic acids is 2. The minimum Gasteiger partial charge on any atom is -0.339 e. The van der Waals surface area contributed by atoms with Gasteiger partial charge in [0, 0.05) is 45.0 Å². The minimum atomic E-state index is -0.130. The van der Waals surface area contributed by atoms with Crippen LogP contribution in [0.2, 0.25) is 0 Å². The summed E-state index contributed by atoms with van der Waals surface area (Å²) >= 11 is 0. The molecule has 1 unspecified atom stereocenters. The van der Waals surface area contributed by atoms with E-state index in [1.54, 1.807) is 17.2 Å². The van der Waals surface area contributed by atoms with Gasteiger partial charge in [0.15, 0.2) is 0 Å². The summed E-state index contributed by atoms with van der Waals surface area (Å²) in [6.45, 7) is 6.18. The Morgan fingerprint density at radius 2 is 1.96 bits per heavy atom. The van der Waals surface area contributed by atoms with Gasteiger partial charge in [-0.15, -0.1) is 0 Å². The molecule has 1 aromatic rings. The lowest BCUT2D eigenvalue weighted by atomic mass is 10.0. The molecule has 7 nitrogen and oxygen atoms in total. The van der Waals surface area contributed by atoms with Crippen molar-refractivity contribution in [3.8, 4) is 0 Å². The van der Waals surface area contributed by atoms with E-state index in [0.29, 0.717) is 31.5 Å². The zero-order valence-corrected chi connectivity index (χ0v) is 14.9. The number of urea groups is 1. The number of nitrogens with one attached hydrogen (secondary N) is 1. The van der Waals surface area contributed by atoms with Crippen LogP contribution in [0.1, 0.15) is 26.2 Å². The third kappa shape index (κ3) is 4.69. The molecule has 25 heavy (non-hydrogen) atoms. The van der Waals surface area contributed by atoms with Crippen molar-refractivity contribution < 1.29 is 9.59 Å². The molecule has 3 amide bonds. The van der Waals surface area contributed by atoms with Crippen molar-refractivity contribution in [2.24, 2.45) is 0 Å². The van der Waals surface area contributed by atoms with Crippen molar-refractivity contribution in [1.29, 1.82) is 0 Å². The van der Waals surface area contributed by atoms with Gasteiger partial charge in [-0.25, -0.2) is 9.78 Å². The van der Waals surface area contributed by atoms with Crippen LogP contribution in [0.3, 0.4) is 0 Å². The van der Waals surface area contributed by atoms with E-state index in [1.807, 2.05) is 17.0 Å². The normalized spacial score (nSPS) is 21.9. The monoisotopic (exact) mass is 345 g/mol. The van der Waals surface area contributed by atoms with Crippen LogP contribution in [0.25, 0.3) is 0 Å². The van der Waals surface area contributed by atoms with Gasteiger partial charge in [0.25, 0.3) is 0 Å². The first-order valence-electron chi connectivity index (χ1n) is 9.12. The summed E-state index contributed by atoms with van der Waals surface area (Å²) in [5.41, 5.74) is 0. The van der Waals surface area contributed by atoms with Gasteiger partial charge in [-0.05, 0) is 38.3 Å². The summed E-state index contributed by atoms with van der Waals surface area (Å²) in [6.07, 6.45) is 5.08. The maximum Gasteiger partial charge on any atom is 0.323 e. The Morgan fingerprint density at radius 1 is 1.16 bits per heavy atom. The number of hydrogen-bond donors (Lipinski definition) is 1. The molecule has 0 radical (unpaired) electrons. The number of piperidine rings is 1. The molecular formula is C18H27N5O2. The Balaban J connectivity index is 1.43. The number of anilines is 1. The van der Waals surface area contributed by atoms with Gasteiger partial charge >= 0.3 is 6.03 Å². The van der Waals surface area contributed by atoms with Crippen molar-refractivity contribution in [3.05, 3.63) is 24.4 Å². The number of carbonyl (C=O) groups is 2. The van der Waals surface area contributed by atoms with E-state index in [0.717, 1.165) is 32.5 Å². The molecule has 0 saturated carbocycles. The van der Waals surface area contributed by atoms with Crippen LogP contribution in [-0.2, 0) is 4.79 Å². The fraction of sp³-hybridized carbons (Fsp3) is 0.611. The second kappa shape index (κ2) is 8.29. The van der Waals surface area contributed by atoms with Gasteiger partial charge in [-0.3, -0.25) is 15.0 Å². The van der Waals surface area contributed by atoms with Gasteiger partial charge < -0.3 is 9.80 Å². The number of amides is 3. The number of piperazine rings is 1. The molecular weight excluding hydrogens is 318 g/mol. The van der Waals surface area contributed by atoms with Gasteiger partial charge in [0.1, 0.15) is 5.82 Å². The highest BCUT2D eigenvalue weighted by Gasteiger charge is 2.27. The van der Waals surface area contributed by atoms with Gasteiger partial charge in [0.05, 0.1) is 6.54 Å². The Kier molecular flexibility index (Phi) is 5.86. The molecule has 2 saturated heterocycles. The summed E-state index contributed by atoms with van der Waals surface area (Å²) < 4.78 is 0. The van der Waals surface area contributed by atoms with Gasteiger partial charge in [-0.1, -0.05) is 6.07 Å². The largest absolute Gasteiger partial charge is 0.339 e. The highest BCUT2D eigenvalue weighted by atomic mass is 16.2. The first-order valence-corrected chi connectivity index (χ1v) is 9.12. The average molecular weight is 345 g/mol. The average Bonchev–Trinajstić information content (AvgIpc) is 2.63. The van der Waals surface area contributed by atoms with Crippen LogP contribution in [-0.4, -0.2) is 76.9 Å². The summed E-state index contributed by atoms with van der Waals surface area (Å²) in [5, 5.41) is 2.81. The number of hydrogen-bond acceptors (Lipinski definition) is 4. The third-order valence-electron chi connectivity index (χ3n) is 5.04. The van der Waals surface area contributed by atoms with Crippen LogP contribution >= 0.6 is 0 Å². The molecule has 1 aromatic heterocycles. The summed E-state index contributed by atoms with van der Waals surface area (Å²) in [5.74, 6) is 0.780.